The zero-order chi connectivity index (χ0) is 20.7. The number of unbranched alkanes of at least 4 members (excludes halogenated alkanes) is 1. The first-order valence-corrected chi connectivity index (χ1v) is 9.56. The number of ether oxygens (including phenoxy) is 2. The summed E-state index contributed by atoms with van der Waals surface area (Å²) in [6, 6.07) is 5.61. The molecule has 0 saturated carbocycles. The molecule has 6 nitrogen and oxygen atoms in total. The van der Waals surface area contributed by atoms with E-state index in [4.69, 9.17) is 9.47 Å². The van der Waals surface area contributed by atoms with Crippen molar-refractivity contribution in [1.82, 2.24) is 14.9 Å². The van der Waals surface area contributed by atoms with Gasteiger partial charge >= 0.3 is 6.09 Å². The fourth-order valence-corrected chi connectivity index (χ4v) is 2.66. The lowest BCUT2D eigenvalue weighted by Crippen LogP contribution is -2.34. The molecular weight excluding hydrogens is 361 g/mol. The minimum atomic E-state index is -0.603. The standard InChI is InChI=1S/C21H30FN3O3/c1-6-7-8-19-24-17-10-9-16(11-18(17)25(19)5)27-14-15(12-22)13-23-20(26)28-21(2,3)4/h9-12H,6-8,13-14H2,1-5H3,(H,23,26). The van der Waals surface area contributed by atoms with E-state index in [-0.39, 0.29) is 13.2 Å². The number of amides is 1. The van der Waals surface area contributed by atoms with Crippen molar-refractivity contribution >= 4 is 17.1 Å². The molecule has 0 aliphatic carbocycles. The molecule has 0 aliphatic rings. The number of carbonyl (C=O) groups excluding carboxylic acids is 1. The first kappa shape index (κ1) is 21.7. The molecule has 1 amide bonds. The van der Waals surface area contributed by atoms with Gasteiger partial charge in [0.25, 0.3) is 0 Å². The molecule has 7 heteroatoms. The van der Waals surface area contributed by atoms with E-state index < -0.39 is 11.7 Å². The molecule has 0 atom stereocenters. The number of hydrogen-bond donors (Lipinski definition) is 1. The van der Waals surface area contributed by atoms with Crippen LogP contribution in [0.25, 0.3) is 11.0 Å². The molecule has 0 bridgehead atoms. The zero-order valence-electron chi connectivity index (χ0n) is 17.3. The van der Waals surface area contributed by atoms with Gasteiger partial charge in [0.15, 0.2) is 0 Å². The second-order valence-electron chi connectivity index (χ2n) is 7.75. The summed E-state index contributed by atoms with van der Waals surface area (Å²) in [5.74, 6) is 1.66. The number of nitrogens with one attached hydrogen (secondary N) is 1. The van der Waals surface area contributed by atoms with Gasteiger partial charge in [-0.3, -0.25) is 0 Å². The molecule has 1 heterocycles. The van der Waals surface area contributed by atoms with Gasteiger partial charge in [0.1, 0.15) is 23.8 Å². The van der Waals surface area contributed by atoms with Gasteiger partial charge in [-0.25, -0.2) is 14.2 Å². The van der Waals surface area contributed by atoms with E-state index in [0.29, 0.717) is 17.7 Å². The number of aromatic nitrogens is 2. The van der Waals surface area contributed by atoms with Gasteiger partial charge in [0.05, 0.1) is 17.4 Å². The van der Waals surface area contributed by atoms with Gasteiger partial charge in [-0.05, 0) is 39.3 Å². The molecule has 1 aromatic heterocycles. The molecule has 0 saturated heterocycles. The lowest BCUT2D eigenvalue weighted by atomic mass is 10.2. The molecule has 0 aliphatic heterocycles. The normalized spacial score (nSPS) is 12.3. The number of aryl methyl sites for hydroxylation is 2. The van der Waals surface area contributed by atoms with Crippen LogP contribution in [0.4, 0.5) is 9.18 Å². The van der Waals surface area contributed by atoms with Crippen LogP contribution in [0, 0.1) is 0 Å². The number of rotatable bonds is 8. The van der Waals surface area contributed by atoms with Crippen LogP contribution >= 0.6 is 0 Å². The fraction of sp³-hybridized carbons (Fsp3) is 0.524. The number of benzene rings is 1. The molecule has 0 radical (unpaired) electrons. The van der Waals surface area contributed by atoms with Crippen molar-refractivity contribution in [1.29, 1.82) is 0 Å². The van der Waals surface area contributed by atoms with E-state index >= 15 is 0 Å². The average molecular weight is 391 g/mol. The number of alkyl carbamates (subject to hydrolysis) is 1. The molecule has 1 aromatic carbocycles. The van der Waals surface area contributed by atoms with Crippen LogP contribution in [0.2, 0.25) is 0 Å². The number of carbonyl (C=O) groups is 1. The first-order valence-electron chi connectivity index (χ1n) is 9.56. The van der Waals surface area contributed by atoms with Crippen LogP contribution in [-0.2, 0) is 18.2 Å². The second-order valence-corrected chi connectivity index (χ2v) is 7.75. The molecule has 0 spiro atoms. The number of nitrogens with zero attached hydrogens (tertiary/aromatic N) is 2. The van der Waals surface area contributed by atoms with E-state index in [1.165, 1.54) is 0 Å². The van der Waals surface area contributed by atoms with Crippen molar-refractivity contribution in [3.05, 3.63) is 35.9 Å². The third-order valence-corrected chi connectivity index (χ3v) is 4.14. The van der Waals surface area contributed by atoms with Gasteiger partial charge in [-0.2, -0.15) is 0 Å². The van der Waals surface area contributed by atoms with Crippen molar-refractivity contribution in [2.75, 3.05) is 13.2 Å². The maximum absolute atomic E-state index is 13.1. The van der Waals surface area contributed by atoms with Gasteiger partial charge < -0.3 is 19.4 Å². The van der Waals surface area contributed by atoms with Crippen molar-refractivity contribution in [3.63, 3.8) is 0 Å². The largest absolute Gasteiger partial charge is 0.489 e. The minimum absolute atomic E-state index is 0.0144. The maximum atomic E-state index is 13.1. The van der Waals surface area contributed by atoms with E-state index in [1.807, 2.05) is 25.2 Å². The second kappa shape index (κ2) is 9.57. The molecule has 0 fully saturated rings. The molecular formula is C21H30FN3O3. The van der Waals surface area contributed by atoms with Crippen molar-refractivity contribution in [3.8, 4) is 5.75 Å². The number of halogens is 1. The van der Waals surface area contributed by atoms with Crippen molar-refractivity contribution < 1.29 is 18.7 Å². The quantitative estimate of drug-likeness (QED) is 0.710. The molecule has 2 rings (SSSR count). The molecule has 28 heavy (non-hydrogen) atoms. The highest BCUT2D eigenvalue weighted by Crippen LogP contribution is 2.22. The summed E-state index contributed by atoms with van der Waals surface area (Å²) in [5.41, 5.74) is 1.59. The number of imidazole rings is 1. The van der Waals surface area contributed by atoms with Crippen LogP contribution in [0.5, 0.6) is 5.75 Å². The topological polar surface area (TPSA) is 65.4 Å². The Balaban J connectivity index is 1.96. The Kier molecular flexibility index (Phi) is 7.43. The third-order valence-electron chi connectivity index (χ3n) is 4.14. The summed E-state index contributed by atoms with van der Waals surface area (Å²) in [5, 5.41) is 2.52. The first-order chi connectivity index (χ1) is 13.2. The van der Waals surface area contributed by atoms with Gasteiger partial charge in [0.2, 0.25) is 0 Å². The molecule has 154 valence electrons. The van der Waals surface area contributed by atoms with E-state index in [0.717, 1.165) is 36.1 Å². The summed E-state index contributed by atoms with van der Waals surface area (Å²) >= 11 is 0. The minimum Gasteiger partial charge on any atom is -0.489 e. The molecule has 1 N–H and O–H groups in total. The van der Waals surface area contributed by atoms with Crippen LogP contribution < -0.4 is 10.1 Å². The summed E-state index contributed by atoms with van der Waals surface area (Å²) < 4.78 is 26.0. The Morgan fingerprint density at radius 1 is 1.36 bits per heavy atom. The predicted octanol–water partition coefficient (Wildman–Crippen LogP) is 4.67. The Bertz CT molecular complexity index is 837. The number of hydrogen-bond acceptors (Lipinski definition) is 4. The van der Waals surface area contributed by atoms with Gasteiger partial charge in [0, 0.05) is 31.7 Å². The van der Waals surface area contributed by atoms with E-state index in [9.17, 15) is 9.18 Å². The Labute approximate surface area is 165 Å². The number of fused-ring (bicyclic) bond motifs is 1. The molecule has 0 unspecified atom stereocenters. The van der Waals surface area contributed by atoms with Crippen molar-refractivity contribution in [2.24, 2.45) is 7.05 Å². The highest BCUT2D eigenvalue weighted by molar-refractivity contribution is 5.77. The van der Waals surface area contributed by atoms with Crippen LogP contribution in [0.3, 0.4) is 0 Å². The highest BCUT2D eigenvalue weighted by Gasteiger charge is 2.16. The lowest BCUT2D eigenvalue weighted by Gasteiger charge is -2.20. The van der Waals surface area contributed by atoms with Gasteiger partial charge in [-0.1, -0.05) is 13.3 Å². The lowest BCUT2D eigenvalue weighted by molar-refractivity contribution is 0.0531. The summed E-state index contributed by atoms with van der Waals surface area (Å²) in [4.78, 5) is 16.3. The maximum Gasteiger partial charge on any atom is 0.407 e. The monoisotopic (exact) mass is 391 g/mol. The van der Waals surface area contributed by atoms with Gasteiger partial charge in [-0.15, -0.1) is 0 Å². The Hall–Kier alpha value is -2.57. The van der Waals surface area contributed by atoms with E-state index in [2.05, 4.69) is 21.8 Å². The smallest absolute Gasteiger partial charge is 0.407 e. The predicted molar refractivity (Wildman–Crippen MR) is 108 cm³/mol. The molecule has 2 aromatic rings. The van der Waals surface area contributed by atoms with Crippen LogP contribution in [0.15, 0.2) is 30.1 Å². The SMILES string of the molecule is CCCCc1nc2ccc(OCC(=CF)CNC(=O)OC(C)(C)C)cc2n1C. The van der Waals surface area contributed by atoms with Crippen LogP contribution in [0.1, 0.15) is 46.4 Å². The average Bonchev–Trinajstić information content (AvgIpc) is 2.94. The van der Waals surface area contributed by atoms with Crippen LogP contribution in [-0.4, -0.2) is 34.4 Å². The Morgan fingerprint density at radius 2 is 2.11 bits per heavy atom. The highest BCUT2D eigenvalue weighted by atomic mass is 19.1. The summed E-state index contributed by atoms with van der Waals surface area (Å²) in [6.45, 7) is 7.50. The summed E-state index contributed by atoms with van der Waals surface area (Å²) in [6.07, 6.45) is 3.00. The third kappa shape index (κ3) is 6.25. The summed E-state index contributed by atoms with van der Waals surface area (Å²) in [7, 11) is 1.99. The fourth-order valence-electron chi connectivity index (χ4n) is 2.66. The zero-order valence-corrected chi connectivity index (χ0v) is 17.3. The van der Waals surface area contributed by atoms with Crippen molar-refractivity contribution in [2.45, 2.75) is 52.6 Å². The Morgan fingerprint density at radius 3 is 2.75 bits per heavy atom. The van der Waals surface area contributed by atoms with E-state index in [1.54, 1.807) is 20.8 Å².